The molecule has 47 heavy (non-hydrogen) atoms. The molecule has 1 radical (unpaired) electrons. The van der Waals surface area contributed by atoms with Gasteiger partial charge in [0.05, 0.1) is 11.4 Å². The van der Waals surface area contributed by atoms with Crippen LogP contribution in [-0.4, -0.2) is 49.1 Å². The molecule has 0 aliphatic heterocycles. The van der Waals surface area contributed by atoms with Crippen molar-refractivity contribution in [1.82, 2.24) is 49.1 Å². The molecule has 0 amide bonds. The molecule has 0 spiro atoms. The Labute approximate surface area is 283 Å². The van der Waals surface area contributed by atoms with Gasteiger partial charge in [0.1, 0.15) is 5.82 Å². The van der Waals surface area contributed by atoms with E-state index in [1.165, 1.54) is 12.1 Å². The van der Waals surface area contributed by atoms with Gasteiger partial charge in [-0.1, -0.05) is 30.3 Å². The smallest absolute Gasteiger partial charge is 0.300 e. The first-order valence-corrected chi connectivity index (χ1v) is 14.4. The predicted molar refractivity (Wildman–Crippen MR) is 170 cm³/mol. The van der Waals surface area contributed by atoms with Crippen molar-refractivity contribution >= 4 is 0 Å². The molecule has 0 aliphatic rings. The molecule has 0 fully saturated rings. The third-order valence-electron chi connectivity index (χ3n) is 7.17. The summed E-state index contributed by atoms with van der Waals surface area (Å²) in [5.74, 6) is -1.25. The van der Waals surface area contributed by atoms with Crippen molar-refractivity contribution in [1.29, 1.82) is 0 Å². The van der Waals surface area contributed by atoms with Crippen LogP contribution in [0.4, 0.5) is 4.39 Å². The summed E-state index contributed by atoms with van der Waals surface area (Å²) in [6.45, 7) is 0. The normalized spacial score (nSPS) is 10.9. The maximum Gasteiger partial charge on any atom is 0.354 e. The van der Waals surface area contributed by atoms with Crippen LogP contribution in [0.2, 0.25) is 0 Å². The monoisotopic (exact) mass is 798 g/mol. The van der Waals surface area contributed by atoms with E-state index in [0.717, 1.165) is 28.1 Å². The van der Waals surface area contributed by atoms with Crippen LogP contribution in [0.25, 0.3) is 33.8 Å². The molecule has 5 aromatic heterocycles. The second-order valence-corrected chi connectivity index (χ2v) is 10.0. The Hall–Kier alpha value is -5.84. The third kappa shape index (κ3) is 6.19. The van der Waals surface area contributed by atoms with E-state index in [9.17, 15) is 4.39 Å². The number of halogens is 1. The quantitative estimate of drug-likeness (QED) is 0.181. The largest absolute Gasteiger partial charge is 0.354 e. The summed E-state index contributed by atoms with van der Waals surface area (Å²) in [7, 11) is 0. The zero-order valence-electron chi connectivity index (χ0n) is 24.7. The number of benzene rings is 3. The molecular weight excluding hydrogens is 772 g/mol. The minimum atomic E-state index is -0.986. The number of aromatic nitrogens is 10. The van der Waals surface area contributed by atoms with Gasteiger partial charge in [-0.3, -0.25) is 4.98 Å². The van der Waals surface area contributed by atoms with E-state index in [1.807, 2.05) is 104 Å². The Morgan fingerprint density at radius 3 is 1.55 bits per heavy atom. The van der Waals surface area contributed by atoms with Gasteiger partial charge in [0.15, 0.2) is 0 Å². The molecule has 0 aliphatic carbocycles. The summed E-state index contributed by atoms with van der Waals surface area (Å²) in [6.07, 6.45) is 16.0. The molecule has 233 valence electrons. The van der Waals surface area contributed by atoms with Gasteiger partial charge in [0.25, 0.3) is 0 Å². The number of rotatable bonds is 7. The minimum Gasteiger partial charge on any atom is -0.300 e. The van der Waals surface area contributed by atoms with Crippen LogP contribution in [0.5, 0.6) is 0 Å². The summed E-state index contributed by atoms with van der Waals surface area (Å²) in [5.41, 5.74) is 4.96. The van der Waals surface area contributed by atoms with E-state index in [4.69, 9.17) is 4.98 Å². The maximum atomic E-state index is 13.2. The predicted octanol–water partition coefficient (Wildman–Crippen LogP) is 6.10. The van der Waals surface area contributed by atoms with Crippen LogP contribution in [0.1, 0.15) is 0 Å². The fourth-order valence-corrected chi connectivity index (χ4v) is 5.10. The van der Waals surface area contributed by atoms with Gasteiger partial charge in [-0.05, 0) is 54.1 Å². The van der Waals surface area contributed by atoms with Crippen LogP contribution >= 0.6 is 0 Å². The molecule has 0 N–H and O–H groups in total. The summed E-state index contributed by atoms with van der Waals surface area (Å²) >= 11 is 0. The van der Waals surface area contributed by atoms with Crippen molar-refractivity contribution in [2.75, 3.05) is 0 Å². The molecule has 8 rings (SSSR count). The zero-order valence-corrected chi connectivity index (χ0v) is 27.1. The maximum absolute atomic E-state index is 13.2. The van der Waals surface area contributed by atoms with E-state index in [-0.39, 0.29) is 25.9 Å². The van der Waals surface area contributed by atoms with Crippen LogP contribution < -0.4 is 0 Å². The topological polar surface area (TPSA) is 97.1 Å². The van der Waals surface area contributed by atoms with Crippen molar-refractivity contribution in [3.63, 3.8) is 0 Å². The van der Waals surface area contributed by atoms with Crippen molar-refractivity contribution in [3.05, 3.63) is 171 Å². The fraction of sp³-hybridized carbons (Fsp3) is 0.0286. The first kappa shape index (κ1) is 31.2. The number of nitrogens with zero attached hydrogens (tertiary/aromatic N) is 10. The van der Waals surface area contributed by atoms with E-state index in [2.05, 4.69) is 31.4 Å². The van der Waals surface area contributed by atoms with E-state index < -0.39 is 5.91 Å². The SMILES string of the molecule is Fc1ccc(-c2cnc(-c3[c-]cccc3)c(-c3ccccc3)n2)cc1.[Ir].c1cnn(C(n2cccn2)(n2cccn2)n2cccn2)c1. The van der Waals surface area contributed by atoms with Crippen molar-refractivity contribution in [3.8, 4) is 33.8 Å². The molecule has 8 aromatic rings. The molecule has 5 heterocycles. The van der Waals surface area contributed by atoms with Gasteiger partial charge in [-0.15, -0.1) is 35.9 Å². The molecule has 10 nitrogen and oxygen atoms in total. The Morgan fingerprint density at radius 1 is 0.553 bits per heavy atom. The summed E-state index contributed by atoms with van der Waals surface area (Å²) in [5, 5.41) is 17.6. The molecule has 0 saturated carbocycles. The number of hydrogen-bond donors (Lipinski definition) is 0. The van der Waals surface area contributed by atoms with Crippen molar-refractivity contribution in [2.24, 2.45) is 0 Å². The van der Waals surface area contributed by atoms with Gasteiger partial charge < -0.3 is 4.98 Å². The summed E-state index contributed by atoms with van der Waals surface area (Å²) in [6, 6.07) is 34.5. The van der Waals surface area contributed by atoms with E-state index in [0.29, 0.717) is 5.69 Å². The molecule has 0 atom stereocenters. The average Bonchev–Trinajstić information content (AvgIpc) is 3.96. The first-order valence-electron chi connectivity index (χ1n) is 14.4. The van der Waals surface area contributed by atoms with E-state index in [1.54, 1.807) is 61.8 Å². The Kier molecular flexibility index (Phi) is 9.33. The Bertz CT molecular complexity index is 1940. The second-order valence-electron chi connectivity index (χ2n) is 10.0. The standard InChI is InChI=1S/C22H14FN2.C13H12N8.Ir/c23-19-13-11-16(12-14-19)20-15-24-21(17-7-3-1-4-8-17)22(25-20)18-9-5-2-6-10-18;1-5-14-18(9-1)13(19-10-2-6-15-19,20-11-3-7-16-20)21-12-4-8-17-21;/h1-7,9-15H;1-12H;/q-1;;. The first-order chi connectivity index (χ1) is 22.7. The van der Waals surface area contributed by atoms with Crippen LogP contribution in [0, 0.1) is 11.9 Å². The van der Waals surface area contributed by atoms with Gasteiger partial charge in [0, 0.05) is 87.1 Å². The van der Waals surface area contributed by atoms with Gasteiger partial charge >= 0.3 is 5.91 Å². The molecule has 0 saturated heterocycles. The van der Waals surface area contributed by atoms with Gasteiger partial charge in [-0.25, -0.2) is 23.1 Å². The minimum absolute atomic E-state index is 0. The van der Waals surface area contributed by atoms with Crippen molar-refractivity contribution in [2.45, 2.75) is 5.91 Å². The molecular formula is C35H26FIrN10-. The second kappa shape index (κ2) is 14.1. The Balaban J connectivity index is 0.000000163. The molecule has 0 bridgehead atoms. The zero-order chi connectivity index (χ0) is 31.2. The molecule has 0 unspecified atom stereocenters. The third-order valence-corrected chi connectivity index (χ3v) is 7.17. The van der Waals surface area contributed by atoms with Crippen LogP contribution in [0.3, 0.4) is 0 Å². The number of hydrogen-bond acceptors (Lipinski definition) is 6. The average molecular weight is 798 g/mol. The van der Waals surface area contributed by atoms with Gasteiger partial charge in [-0.2, -0.15) is 20.4 Å². The van der Waals surface area contributed by atoms with Crippen molar-refractivity contribution < 1.29 is 24.5 Å². The van der Waals surface area contributed by atoms with Gasteiger partial charge in [0.2, 0.25) is 0 Å². The molecule has 3 aromatic carbocycles. The van der Waals surface area contributed by atoms with E-state index >= 15 is 0 Å². The molecule has 12 heteroatoms. The van der Waals surface area contributed by atoms with Crippen LogP contribution in [0.15, 0.2) is 159 Å². The summed E-state index contributed by atoms with van der Waals surface area (Å²) < 4.78 is 20.2. The Morgan fingerprint density at radius 2 is 1.09 bits per heavy atom. The summed E-state index contributed by atoms with van der Waals surface area (Å²) in [4.78, 5) is 9.45. The fourth-order valence-electron chi connectivity index (χ4n) is 5.10. The van der Waals surface area contributed by atoms with Crippen LogP contribution in [-0.2, 0) is 26.0 Å².